The van der Waals surface area contributed by atoms with Gasteiger partial charge in [-0.15, -0.1) is 4.68 Å². The van der Waals surface area contributed by atoms with Gasteiger partial charge in [-0.1, -0.05) is 6.07 Å². The molecule has 0 unspecified atom stereocenters. The minimum absolute atomic E-state index is 0.771. The number of rotatable bonds is 12. The third-order valence-corrected chi connectivity index (χ3v) is 4.87. The first kappa shape index (κ1) is 20.0. The second kappa shape index (κ2) is 10.5. The summed E-state index contributed by atoms with van der Waals surface area (Å²) in [5.74, 6) is 1.95. The summed E-state index contributed by atoms with van der Waals surface area (Å²) >= 11 is 0. The highest BCUT2D eigenvalue weighted by molar-refractivity contribution is 5.03. The fraction of sp³-hybridized carbons (Fsp3) is 0.333. The molecule has 0 aliphatic heterocycles. The van der Waals surface area contributed by atoms with Crippen molar-refractivity contribution in [2.24, 2.45) is 0 Å². The highest BCUT2D eigenvalue weighted by Gasteiger charge is 2.15. The van der Waals surface area contributed by atoms with Crippen molar-refractivity contribution in [2.75, 3.05) is 13.1 Å². The van der Waals surface area contributed by atoms with Gasteiger partial charge in [0.15, 0.2) is 6.20 Å². The van der Waals surface area contributed by atoms with Crippen molar-refractivity contribution >= 4 is 0 Å². The largest absolute Gasteiger partial charge is 0.348 e. The van der Waals surface area contributed by atoms with Crippen molar-refractivity contribution in [1.82, 2.24) is 39.8 Å². The number of imidazole rings is 2. The molecule has 0 saturated heterocycles. The fourth-order valence-electron chi connectivity index (χ4n) is 3.48. The lowest BCUT2D eigenvalue weighted by molar-refractivity contribution is -0.767. The normalized spacial score (nSPS) is 11.5. The number of aromatic amines is 3. The van der Waals surface area contributed by atoms with Crippen molar-refractivity contribution in [2.45, 2.75) is 32.7 Å². The molecule has 0 spiro atoms. The number of hydrogen-bond acceptors (Lipinski definition) is 5. The molecule has 0 atom stereocenters. The van der Waals surface area contributed by atoms with Gasteiger partial charge in [0.05, 0.1) is 25.0 Å². The topological polar surface area (TPSA) is 96.4 Å². The van der Waals surface area contributed by atoms with E-state index in [0.717, 1.165) is 63.2 Å². The van der Waals surface area contributed by atoms with E-state index in [4.69, 9.17) is 0 Å². The molecule has 0 fully saturated rings. The van der Waals surface area contributed by atoms with Crippen LogP contribution >= 0.6 is 0 Å². The van der Waals surface area contributed by atoms with E-state index in [1.54, 1.807) is 12.4 Å². The average molecular weight is 407 g/mol. The third kappa shape index (κ3) is 6.10. The van der Waals surface area contributed by atoms with Crippen LogP contribution in [0, 0.1) is 0 Å². The Morgan fingerprint density at radius 1 is 0.767 bits per heavy atom. The molecule has 9 nitrogen and oxygen atoms in total. The Kier molecular flexibility index (Phi) is 6.98. The van der Waals surface area contributed by atoms with Gasteiger partial charge in [0.2, 0.25) is 6.67 Å². The van der Waals surface area contributed by atoms with Gasteiger partial charge in [0.25, 0.3) is 0 Å². The summed E-state index contributed by atoms with van der Waals surface area (Å²) in [5.41, 5.74) is 1.07. The summed E-state index contributed by atoms with van der Waals surface area (Å²) in [6, 6.07) is 8.06. The van der Waals surface area contributed by atoms with Crippen LogP contribution < -0.4 is 4.68 Å². The van der Waals surface area contributed by atoms with Crippen molar-refractivity contribution < 1.29 is 4.68 Å². The third-order valence-electron chi connectivity index (χ3n) is 4.87. The Bertz CT molecular complexity index is 898. The highest BCUT2D eigenvalue weighted by atomic mass is 15.4. The van der Waals surface area contributed by atoms with Gasteiger partial charge < -0.3 is 9.97 Å². The van der Waals surface area contributed by atoms with Crippen LogP contribution in [0.1, 0.15) is 23.8 Å². The summed E-state index contributed by atoms with van der Waals surface area (Å²) in [6.07, 6.45) is 14.2. The molecule has 156 valence electrons. The summed E-state index contributed by atoms with van der Waals surface area (Å²) in [4.78, 5) is 24.4. The van der Waals surface area contributed by atoms with Gasteiger partial charge in [-0.3, -0.25) is 9.88 Å². The standard InChI is InChI=1S/C21H27N9/c1-2-6-22-19(5-1)15-28(16-20-23-8-9-24-20)12-4-13-29(17-21-25-10-11-26-21)18-30-14-3-7-27-30/h1-3,5-11,14H,4,12-13,15-18H2,(H2,23,24,25,26)/p+1. The molecule has 4 aromatic heterocycles. The Balaban J connectivity index is 1.36. The second-order valence-electron chi connectivity index (χ2n) is 7.26. The molecule has 0 amide bonds. The molecule has 0 aliphatic rings. The van der Waals surface area contributed by atoms with Gasteiger partial charge >= 0.3 is 0 Å². The zero-order valence-corrected chi connectivity index (χ0v) is 17.0. The summed E-state index contributed by atoms with van der Waals surface area (Å²) in [6.45, 7) is 5.02. The van der Waals surface area contributed by atoms with Crippen LogP contribution in [-0.2, 0) is 26.3 Å². The lowest BCUT2D eigenvalue weighted by Gasteiger charge is -2.23. The number of nitrogens with one attached hydrogen (secondary N) is 3. The lowest BCUT2D eigenvalue weighted by atomic mass is 10.3. The SMILES string of the molecule is c1ccc(CN(CCCN(Cc2ncc[nH]2)C[n+]2ccc[nH]2)Cc2ncc[nH]2)nc1. The van der Waals surface area contributed by atoms with Crippen molar-refractivity contribution in [3.8, 4) is 0 Å². The predicted molar refractivity (Wildman–Crippen MR) is 112 cm³/mol. The van der Waals surface area contributed by atoms with Crippen molar-refractivity contribution in [3.63, 3.8) is 0 Å². The molecule has 9 heteroatoms. The van der Waals surface area contributed by atoms with Gasteiger partial charge in [-0.05, 0) is 18.6 Å². The molecular weight excluding hydrogens is 378 g/mol. The zero-order chi connectivity index (χ0) is 20.4. The number of H-pyrrole nitrogens is 3. The quantitative estimate of drug-likeness (QED) is 0.311. The fourth-order valence-corrected chi connectivity index (χ4v) is 3.48. The molecule has 0 saturated carbocycles. The molecule has 4 aromatic rings. The zero-order valence-electron chi connectivity index (χ0n) is 17.0. The monoisotopic (exact) mass is 406 g/mol. The van der Waals surface area contributed by atoms with E-state index in [2.05, 4.69) is 50.6 Å². The maximum atomic E-state index is 4.49. The van der Waals surface area contributed by atoms with Gasteiger partial charge in [0.1, 0.15) is 11.6 Å². The minimum atomic E-state index is 0.771. The second-order valence-corrected chi connectivity index (χ2v) is 7.26. The van der Waals surface area contributed by atoms with E-state index in [0.29, 0.717) is 0 Å². The molecule has 0 aromatic carbocycles. The molecule has 4 heterocycles. The van der Waals surface area contributed by atoms with E-state index in [1.807, 2.05) is 49.2 Å². The molecule has 0 bridgehead atoms. The summed E-state index contributed by atoms with van der Waals surface area (Å²) < 4.78 is 2.07. The van der Waals surface area contributed by atoms with Crippen molar-refractivity contribution in [3.05, 3.63) is 85.0 Å². The first-order valence-electron chi connectivity index (χ1n) is 10.2. The van der Waals surface area contributed by atoms with E-state index >= 15 is 0 Å². The van der Waals surface area contributed by atoms with Crippen molar-refractivity contribution in [1.29, 1.82) is 0 Å². The Morgan fingerprint density at radius 2 is 1.53 bits per heavy atom. The van der Waals surface area contributed by atoms with Gasteiger partial charge in [0, 0.05) is 56.7 Å². The summed E-state index contributed by atoms with van der Waals surface area (Å²) in [5, 5.41) is 3.22. The molecule has 0 radical (unpaired) electrons. The van der Waals surface area contributed by atoms with E-state index in [9.17, 15) is 0 Å². The minimum Gasteiger partial charge on any atom is -0.348 e. The van der Waals surface area contributed by atoms with Gasteiger partial charge in [-0.25, -0.2) is 14.9 Å². The van der Waals surface area contributed by atoms with Crippen LogP contribution in [-0.4, -0.2) is 52.9 Å². The first-order chi connectivity index (χ1) is 14.8. The Labute approximate surface area is 175 Å². The van der Waals surface area contributed by atoms with E-state index < -0.39 is 0 Å². The molecule has 0 aliphatic carbocycles. The predicted octanol–water partition coefficient (Wildman–Crippen LogP) is 1.70. The molecule has 4 rings (SSSR count). The summed E-state index contributed by atoms with van der Waals surface area (Å²) in [7, 11) is 0. The molecule has 3 N–H and O–H groups in total. The first-order valence-corrected chi connectivity index (χ1v) is 10.2. The number of nitrogens with zero attached hydrogens (tertiary/aromatic N) is 6. The average Bonchev–Trinajstić information content (AvgIpc) is 3.53. The maximum absolute atomic E-state index is 4.49. The highest BCUT2D eigenvalue weighted by Crippen LogP contribution is 2.08. The van der Waals surface area contributed by atoms with Crippen LogP contribution in [0.3, 0.4) is 0 Å². The molecular formula is C21H28N9+. The van der Waals surface area contributed by atoms with Crippen LogP contribution in [0.4, 0.5) is 0 Å². The van der Waals surface area contributed by atoms with E-state index in [1.165, 1.54) is 0 Å². The van der Waals surface area contributed by atoms with Crippen LogP contribution in [0.15, 0.2) is 67.6 Å². The number of pyridine rings is 1. The van der Waals surface area contributed by atoms with Gasteiger partial charge in [-0.2, -0.15) is 5.10 Å². The number of aromatic nitrogens is 7. The lowest BCUT2D eigenvalue weighted by Crippen LogP contribution is -2.45. The van der Waals surface area contributed by atoms with Crippen LogP contribution in [0.2, 0.25) is 0 Å². The van der Waals surface area contributed by atoms with Crippen LogP contribution in [0.25, 0.3) is 0 Å². The van der Waals surface area contributed by atoms with Crippen LogP contribution in [0.5, 0.6) is 0 Å². The smallest absolute Gasteiger partial charge is 0.228 e. The van der Waals surface area contributed by atoms with E-state index in [-0.39, 0.29) is 0 Å². The maximum Gasteiger partial charge on any atom is 0.228 e. The molecule has 30 heavy (non-hydrogen) atoms. The Hall–Kier alpha value is -3.30. The number of hydrogen-bond donors (Lipinski definition) is 3. The Morgan fingerprint density at radius 3 is 2.17 bits per heavy atom.